The molecule has 0 spiro atoms. The number of aromatic amines is 1. The Morgan fingerprint density at radius 2 is 2.16 bits per heavy atom. The SMILES string of the molecule is CC1(C)S[C@H](c2c[nH]c3ccccc23)[NH2+][C@H]1C(=O)[O-]. The van der Waals surface area contributed by atoms with Crippen molar-refractivity contribution in [3.05, 3.63) is 36.0 Å². The van der Waals surface area contributed by atoms with Gasteiger partial charge in [0.15, 0.2) is 5.37 Å². The van der Waals surface area contributed by atoms with Crippen LogP contribution in [0.3, 0.4) is 0 Å². The van der Waals surface area contributed by atoms with Crippen LogP contribution in [0.2, 0.25) is 0 Å². The van der Waals surface area contributed by atoms with Gasteiger partial charge in [0.1, 0.15) is 12.0 Å². The third-order valence-electron chi connectivity index (χ3n) is 3.73. The van der Waals surface area contributed by atoms with Crippen molar-refractivity contribution < 1.29 is 15.2 Å². The number of carboxylic acids is 1. The second kappa shape index (κ2) is 4.28. The van der Waals surface area contributed by atoms with Gasteiger partial charge in [0.25, 0.3) is 0 Å². The van der Waals surface area contributed by atoms with Crippen molar-refractivity contribution in [3.63, 3.8) is 0 Å². The smallest absolute Gasteiger partial charge is 0.162 e. The average Bonchev–Trinajstić information content (AvgIpc) is 2.89. The highest BCUT2D eigenvalue weighted by molar-refractivity contribution is 8.00. The van der Waals surface area contributed by atoms with Gasteiger partial charge in [-0.1, -0.05) is 30.0 Å². The largest absolute Gasteiger partial charge is 0.544 e. The van der Waals surface area contributed by atoms with E-state index in [0.29, 0.717) is 0 Å². The number of para-hydroxylation sites is 1. The lowest BCUT2D eigenvalue weighted by Gasteiger charge is -2.21. The summed E-state index contributed by atoms with van der Waals surface area (Å²) in [4.78, 5) is 14.5. The number of aliphatic carboxylic acids is 1. The summed E-state index contributed by atoms with van der Waals surface area (Å²) in [5, 5.41) is 14.4. The van der Waals surface area contributed by atoms with Crippen LogP contribution in [0.5, 0.6) is 0 Å². The Morgan fingerprint density at radius 3 is 2.84 bits per heavy atom. The monoisotopic (exact) mass is 276 g/mol. The molecular formula is C14H16N2O2S. The van der Waals surface area contributed by atoms with E-state index >= 15 is 0 Å². The number of aromatic nitrogens is 1. The van der Waals surface area contributed by atoms with Crippen LogP contribution in [0.15, 0.2) is 30.5 Å². The quantitative estimate of drug-likeness (QED) is 0.832. The number of carbonyl (C=O) groups is 1. The Kier molecular flexibility index (Phi) is 2.83. The molecular weight excluding hydrogens is 260 g/mol. The first-order valence-corrected chi connectivity index (χ1v) is 7.17. The highest BCUT2D eigenvalue weighted by atomic mass is 32.2. The summed E-state index contributed by atoms with van der Waals surface area (Å²) < 4.78 is -0.331. The molecule has 1 fully saturated rings. The van der Waals surface area contributed by atoms with Gasteiger partial charge in [-0.3, -0.25) is 0 Å². The third kappa shape index (κ3) is 2.03. The van der Waals surface area contributed by atoms with Gasteiger partial charge in [-0.25, -0.2) is 0 Å². The second-order valence-electron chi connectivity index (χ2n) is 5.42. The van der Waals surface area contributed by atoms with E-state index in [1.165, 1.54) is 0 Å². The zero-order valence-electron chi connectivity index (χ0n) is 10.8. The fraction of sp³-hybridized carbons (Fsp3) is 0.357. The van der Waals surface area contributed by atoms with E-state index in [2.05, 4.69) is 11.1 Å². The number of nitrogens with one attached hydrogen (secondary N) is 1. The van der Waals surface area contributed by atoms with Crippen molar-refractivity contribution in [2.24, 2.45) is 0 Å². The van der Waals surface area contributed by atoms with E-state index in [-0.39, 0.29) is 10.1 Å². The number of quaternary nitrogens is 1. The molecule has 1 aromatic heterocycles. The van der Waals surface area contributed by atoms with Crippen molar-refractivity contribution in [2.75, 3.05) is 0 Å². The van der Waals surface area contributed by atoms with Crippen LogP contribution < -0.4 is 10.4 Å². The first kappa shape index (κ1) is 12.6. The molecule has 19 heavy (non-hydrogen) atoms. The van der Waals surface area contributed by atoms with E-state index in [0.717, 1.165) is 16.5 Å². The summed E-state index contributed by atoms with van der Waals surface area (Å²) in [5.74, 6) is -0.986. The first-order valence-electron chi connectivity index (χ1n) is 6.29. The van der Waals surface area contributed by atoms with Crippen LogP contribution in [0.4, 0.5) is 0 Å². The lowest BCUT2D eigenvalue weighted by molar-refractivity contribution is -0.695. The number of carboxylic acid groups (broad SMARTS) is 1. The van der Waals surface area contributed by atoms with Gasteiger partial charge in [-0.15, -0.1) is 0 Å². The fourth-order valence-electron chi connectivity index (χ4n) is 2.71. The normalized spacial score (nSPS) is 25.8. The Bertz CT molecular complexity index is 635. The van der Waals surface area contributed by atoms with E-state index in [9.17, 15) is 9.90 Å². The van der Waals surface area contributed by atoms with Gasteiger partial charge in [-0.2, -0.15) is 0 Å². The zero-order valence-corrected chi connectivity index (χ0v) is 11.7. The van der Waals surface area contributed by atoms with Gasteiger partial charge < -0.3 is 20.2 Å². The molecule has 0 bridgehead atoms. The Hall–Kier alpha value is -1.46. The minimum atomic E-state index is -0.986. The van der Waals surface area contributed by atoms with E-state index < -0.39 is 12.0 Å². The number of hydrogen-bond acceptors (Lipinski definition) is 3. The molecule has 4 nitrogen and oxygen atoms in total. The highest BCUT2D eigenvalue weighted by Crippen LogP contribution is 2.42. The summed E-state index contributed by atoms with van der Waals surface area (Å²) >= 11 is 1.68. The molecule has 3 rings (SSSR count). The molecule has 1 aliphatic rings. The van der Waals surface area contributed by atoms with Crippen LogP contribution in [0, 0.1) is 0 Å². The molecule has 0 unspecified atom stereocenters. The molecule has 0 saturated carbocycles. The van der Waals surface area contributed by atoms with Gasteiger partial charge in [-0.05, 0) is 19.9 Å². The van der Waals surface area contributed by atoms with Crippen LogP contribution in [0.1, 0.15) is 24.8 Å². The van der Waals surface area contributed by atoms with Crippen molar-refractivity contribution in [1.29, 1.82) is 0 Å². The topological polar surface area (TPSA) is 72.5 Å². The molecule has 0 aliphatic carbocycles. The molecule has 1 aromatic carbocycles. The Morgan fingerprint density at radius 1 is 1.42 bits per heavy atom. The van der Waals surface area contributed by atoms with E-state index in [1.54, 1.807) is 11.8 Å². The molecule has 1 aliphatic heterocycles. The summed E-state index contributed by atoms with van der Waals surface area (Å²) in [7, 11) is 0. The molecule has 0 radical (unpaired) electrons. The molecule has 2 atom stereocenters. The number of rotatable bonds is 2. The van der Waals surface area contributed by atoms with Crippen molar-refractivity contribution in [1.82, 2.24) is 4.98 Å². The molecule has 2 aromatic rings. The molecule has 100 valence electrons. The minimum Gasteiger partial charge on any atom is -0.544 e. The highest BCUT2D eigenvalue weighted by Gasteiger charge is 2.47. The minimum absolute atomic E-state index is 0.0917. The van der Waals surface area contributed by atoms with Crippen LogP contribution in [-0.4, -0.2) is 21.7 Å². The Balaban J connectivity index is 1.98. The molecule has 3 N–H and O–H groups in total. The average molecular weight is 276 g/mol. The van der Waals surface area contributed by atoms with Crippen LogP contribution >= 0.6 is 11.8 Å². The van der Waals surface area contributed by atoms with E-state index in [4.69, 9.17) is 0 Å². The second-order valence-corrected chi connectivity index (χ2v) is 7.22. The van der Waals surface area contributed by atoms with Crippen molar-refractivity contribution >= 4 is 28.6 Å². The summed E-state index contributed by atoms with van der Waals surface area (Å²) in [6, 6.07) is 7.56. The molecule has 5 heteroatoms. The van der Waals surface area contributed by atoms with Gasteiger partial charge in [0, 0.05) is 22.7 Å². The van der Waals surface area contributed by atoms with Gasteiger partial charge in [0.05, 0.1) is 4.75 Å². The summed E-state index contributed by atoms with van der Waals surface area (Å²) in [6.07, 6.45) is 1.98. The molecule has 1 saturated heterocycles. The van der Waals surface area contributed by atoms with Gasteiger partial charge >= 0.3 is 0 Å². The maximum absolute atomic E-state index is 11.2. The maximum atomic E-state index is 11.2. The third-order valence-corrected chi connectivity index (χ3v) is 5.26. The predicted octanol–water partition coefficient (Wildman–Crippen LogP) is 0.374. The maximum Gasteiger partial charge on any atom is 0.162 e. The Labute approximate surface area is 115 Å². The number of nitrogens with two attached hydrogens (primary N) is 1. The van der Waals surface area contributed by atoms with Crippen LogP contribution in [0.25, 0.3) is 10.9 Å². The number of fused-ring (bicyclic) bond motifs is 1. The lowest BCUT2D eigenvalue weighted by Crippen LogP contribution is -2.92. The number of benzene rings is 1. The standard InChI is InChI=1S/C14H16N2O2S/c1-14(2)11(13(17)18)16-12(19-14)9-7-15-10-6-4-3-5-8(9)10/h3-7,11-12,15-16H,1-2H3,(H,17,18)/t11-,12+/m0/s1. The van der Waals surface area contributed by atoms with Crippen molar-refractivity contribution in [2.45, 2.75) is 30.0 Å². The number of carbonyl (C=O) groups excluding carboxylic acids is 1. The molecule has 0 amide bonds. The lowest BCUT2D eigenvalue weighted by atomic mass is 10.0. The van der Waals surface area contributed by atoms with Crippen LogP contribution in [-0.2, 0) is 4.79 Å². The number of hydrogen-bond donors (Lipinski definition) is 2. The number of H-pyrrole nitrogens is 1. The summed E-state index contributed by atoms with van der Waals surface area (Å²) in [5.41, 5.74) is 2.23. The predicted molar refractivity (Wildman–Crippen MR) is 73.4 cm³/mol. The van der Waals surface area contributed by atoms with Gasteiger partial charge in [0.2, 0.25) is 0 Å². The number of thioether (sulfide) groups is 1. The fourth-order valence-corrected chi connectivity index (χ4v) is 4.24. The van der Waals surface area contributed by atoms with E-state index in [1.807, 2.05) is 43.6 Å². The first-order chi connectivity index (χ1) is 8.99. The van der Waals surface area contributed by atoms with Crippen molar-refractivity contribution in [3.8, 4) is 0 Å². The molecule has 2 heterocycles. The summed E-state index contributed by atoms with van der Waals surface area (Å²) in [6.45, 7) is 3.92. The zero-order chi connectivity index (χ0) is 13.6.